The Kier molecular flexibility index (Phi) is 6.57. The van der Waals surface area contributed by atoms with Crippen LogP contribution in [0.15, 0.2) is 24.3 Å². The van der Waals surface area contributed by atoms with Gasteiger partial charge in [-0.3, -0.25) is 9.59 Å². The number of carbonyl (C=O) groups excluding carboxylic acids is 1. The number of hydrogen-bond acceptors (Lipinski definition) is 4. The molecule has 212 valence electrons. The van der Waals surface area contributed by atoms with Crippen molar-refractivity contribution in [2.45, 2.75) is 98.8 Å². The Morgan fingerprint density at radius 3 is 2.29 bits per heavy atom. The highest BCUT2D eigenvalue weighted by molar-refractivity contribution is 5.76. The van der Waals surface area contributed by atoms with E-state index in [1.165, 1.54) is 12.5 Å². The molecule has 10 atom stereocenters. The monoisotopic (exact) mass is 526 g/mol. The summed E-state index contributed by atoms with van der Waals surface area (Å²) in [6.45, 7) is 20.4. The first kappa shape index (κ1) is 27.9. The van der Waals surface area contributed by atoms with Gasteiger partial charge in [0.25, 0.3) is 0 Å². The molecule has 0 aliphatic heterocycles. The van der Waals surface area contributed by atoms with Gasteiger partial charge in [0.05, 0.1) is 12.0 Å². The maximum Gasteiger partial charge on any atom is 0.309 e. The number of carbonyl (C=O) groups is 2. The van der Waals surface area contributed by atoms with Crippen molar-refractivity contribution in [2.75, 3.05) is 13.2 Å². The van der Waals surface area contributed by atoms with Gasteiger partial charge < -0.3 is 14.9 Å². The Morgan fingerprint density at radius 1 is 0.947 bits per heavy atom. The normalized spacial score (nSPS) is 49.7. The van der Waals surface area contributed by atoms with E-state index in [2.05, 4.69) is 40.9 Å². The lowest BCUT2D eigenvalue weighted by atomic mass is 9.32. The Hall–Kier alpha value is -1.62. The van der Waals surface area contributed by atoms with Crippen molar-refractivity contribution in [3.05, 3.63) is 24.3 Å². The zero-order valence-corrected chi connectivity index (χ0v) is 24.4. The van der Waals surface area contributed by atoms with Gasteiger partial charge in [-0.2, -0.15) is 0 Å². The van der Waals surface area contributed by atoms with Gasteiger partial charge >= 0.3 is 11.9 Å². The molecule has 38 heavy (non-hydrogen) atoms. The van der Waals surface area contributed by atoms with Crippen LogP contribution in [0.3, 0.4) is 0 Å². The van der Waals surface area contributed by atoms with Crippen molar-refractivity contribution in [3.63, 3.8) is 0 Å². The summed E-state index contributed by atoms with van der Waals surface area (Å²) in [5.41, 5.74) is 1.46. The summed E-state index contributed by atoms with van der Waals surface area (Å²) in [6.07, 6.45) is 9.71. The molecular formula is C33H50O5. The van der Waals surface area contributed by atoms with Crippen molar-refractivity contribution in [2.24, 2.45) is 56.7 Å². The molecule has 5 saturated carbocycles. The smallest absolute Gasteiger partial charge is 0.309 e. The number of ether oxygens (including phenoxy) is 1. The number of aliphatic hydroxyl groups is 1. The number of carboxylic acids is 1. The van der Waals surface area contributed by atoms with E-state index >= 15 is 0 Å². The van der Waals surface area contributed by atoms with Crippen LogP contribution in [-0.2, 0) is 14.3 Å². The number of aliphatic hydroxyl groups excluding tert-OH is 1. The third-order valence-electron chi connectivity index (χ3n) is 14.0. The van der Waals surface area contributed by atoms with Gasteiger partial charge in [-0.15, -0.1) is 0 Å². The summed E-state index contributed by atoms with van der Waals surface area (Å²) in [5.74, 6) is 0.588. The molecule has 5 heteroatoms. The highest BCUT2D eigenvalue weighted by atomic mass is 16.5. The van der Waals surface area contributed by atoms with E-state index in [1.54, 1.807) is 0 Å². The van der Waals surface area contributed by atoms with Crippen molar-refractivity contribution in [1.29, 1.82) is 0 Å². The summed E-state index contributed by atoms with van der Waals surface area (Å²) in [6, 6.07) is 0. The fourth-order valence-corrected chi connectivity index (χ4v) is 11.7. The SMILES string of the molecule is C=C(CO)C1CCC2(C(=O)O)CCC3(C)C(CCC4C5(C)CCC(=C)C(C)(COC(C)=O)C5CCC43C)C12. The van der Waals surface area contributed by atoms with Crippen molar-refractivity contribution in [1.82, 2.24) is 0 Å². The molecule has 5 aliphatic carbocycles. The highest BCUT2D eigenvalue weighted by Gasteiger charge is 2.72. The fraction of sp³-hybridized carbons (Fsp3) is 0.818. The number of carboxylic acid groups (broad SMARTS) is 1. The van der Waals surface area contributed by atoms with E-state index < -0.39 is 11.4 Å². The molecule has 0 bridgehead atoms. The molecule has 0 aromatic heterocycles. The highest BCUT2D eigenvalue weighted by Crippen LogP contribution is 2.77. The van der Waals surface area contributed by atoms with Crippen LogP contribution < -0.4 is 0 Å². The average molecular weight is 527 g/mol. The molecule has 5 nitrogen and oxygen atoms in total. The molecule has 0 aromatic rings. The molecule has 5 aliphatic rings. The molecule has 0 saturated heterocycles. The van der Waals surface area contributed by atoms with Crippen LogP contribution in [0.2, 0.25) is 0 Å². The van der Waals surface area contributed by atoms with Gasteiger partial charge in [-0.1, -0.05) is 46.4 Å². The fourth-order valence-electron chi connectivity index (χ4n) is 11.7. The van der Waals surface area contributed by atoms with Crippen LogP contribution in [0, 0.1) is 56.7 Å². The number of hydrogen-bond donors (Lipinski definition) is 2. The lowest BCUT2D eigenvalue weighted by Crippen LogP contribution is -2.66. The number of aliphatic carboxylic acids is 1. The van der Waals surface area contributed by atoms with Gasteiger partial charge in [0.15, 0.2) is 0 Å². The molecule has 0 aromatic carbocycles. The molecule has 10 unspecified atom stereocenters. The zero-order chi connectivity index (χ0) is 27.9. The molecule has 5 rings (SSSR count). The van der Waals surface area contributed by atoms with Crippen LogP contribution in [0.25, 0.3) is 0 Å². The standard InChI is InChI=1S/C33H50O5/c1-20(18-34)23-11-15-33(28(36)37)17-16-31(6)24(27(23)33)8-9-26-29(4)13-10-21(2)30(5,19-38-22(3)35)25(29)12-14-32(26,31)7/h23-27,34H,1-2,8-19H2,3-7H3,(H,36,37). The molecule has 0 radical (unpaired) electrons. The molecule has 0 amide bonds. The Labute approximate surface area is 229 Å². The lowest BCUT2D eigenvalue weighted by molar-refractivity contribution is -0.236. The second-order valence-electron chi connectivity index (χ2n) is 14.9. The van der Waals surface area contributed by atoms with E-state index in [0.717, 1.165) is 63.4 Å². The minimum Gasteiger partial charge on any atom is -0.481 e. The summed E-state index contributed by atoms with van der Waals surface area (Å²) < 4.78 is 5.66. The lowest BCUT2D eigenvalue weighted by Gasteiger charge is -2.72. The van der Waals surface area contributed by atoms with E-state index in [4.69, 9.17) is 4.74 Å². The maximum atomic E-state index is 12.9. The van der Waals surface area contributed by atoms with E-state index in [9.17, 15) is 19.8 Å². The van der Waals surface area contributed by atoms with Gasteiger partial charge in [-0.05, 0) is 116 Å². The van der Waals surface area contributed by atoms with E-state index in [-0.39, 0.29) is 46.1 Å². The van der Waals surface area contributed by atoms with E-state index in [1.807, 2.05) is 0 Å². The van der Waals surface area contributed by atoms with Gasteiger partial charge in [0.2, 0.25) is 0 Å². The Balaban J connectivity index is 1.53. The predicted molar refractivity (Wildman–Crippen MR) is 148 cm³/mol. The quantitative estimate of drug-likeness (QED) is 0.304. The number of fused-ring (bicyclic) bond motifs is 7. The summed E-state index contributed by atoms with van der Waals surface area (Å²) in [7, 11) is 0. The molecule has 0 heterocycles. The van der Waals surface area contributed by atoms with Crippen LogP contribution in [0.4, 0.5) is 0 Å². The second kappa shape index (κ2) is 8.94. The second-order valence-corrected chi connectivity index (χ2v) is 14.9. The van der Waals surface area contributed by atoms with Crippen molar-refractivity contribution < 1.29 is 24.5 Å². The predicted octanol–water partition coefficient (Wildman–Crippen LogP) is 6.80. The van der Waals surface area contributed by atoms with Crippen LogP contribution in [0.1, 0.15) is 98.8 Å². The average Bonchev–Trinajstić information content (AvgIpc) is 3.26. The van der Waals surface area contributed by atoms with Crippen molar-refractivity contribution in [3.8, 4) is 0 Å². The van der Waals surface area contributed by atoms with Crippen LogP contribution in [-0.4, -0.2) is 35.4 Å². The van der Waals surface area contributed by atoms with Gasteiger partial charge in [0.1, 0.15) is 6.61 Å². The van der Waals surface area contributed by atoms with Gasteiger partial charge in [0, 0.05) is 12.3 Å². The first-order valence-corrected chi connectivity index (χ1v) is 15.0. The number of esters is 1. The molecule has 2 N–H and O–H groups in total. The largest absolute Gasteiger partial charge is 0.481 e. The minimum atomic E-state index is -0.678. The summed E-state index contributed by atoms with van der Waals surface area (Å²) in [5, 5.41) is 20.6. The first-order valence-electron chi connectivity index (χ1n) is 15.0. The Bertz CT molecular complexity index is 1050. The third-order valence-corrected chi connectivity index (χ3v) is 14.0. The van der Waals surface area contributed by atoms with Crippen LogP contribution >= 0.6 is 0 Å². The zero-order valence-electron chi connectivity index (χ0n) is 24.4. The third kappa shape index (κ3) is 3.45. The molecular weight excluding hydrogens is 476 g/mol. The molecule has 5 fully saturated rings. The van der Waals surface area contributed by atoms with Crippen LogP contribution in [0.5, 0.6) is 0 Å². The molecule has 0 spiro atoms. The maximum absolute atomic E-state index is 12.9. The summed E-state index contributed by atoms with van der Waals surface area (Å²) in [4.78, 5) is 24.7. The minimum absolute atomic E-state index is 0.0482. The first-order chi connectivity index (χ1) is 17.7. The summed E-state index contributed by atoms with van der Waals surface area (Å²) >= 11 is 0. The van der Waals surface area contributed by atoms with E-state index in [0.29, 0.717) is 30.8 Å². The topological polar surface area (TPSA) is 83.8 Å². The Morgan fingerprint density at radius 2 is 1.66 bits per heavy atom. The van der Waals surface area contributed by atoms with Gasteiger partial charge in [-0.25, -0.2) is 0 Å². The van der Waals surface area contributed by atoms with Crippen molar-refractivity contribution >= 4 is 11.9 Å². The number of rotatable bonds is 5.